The largest absolute Gasteiger partial charge is 0.276 e. The van der Waals surface area contributed by atoms with Crippen molar-refractivity contribution in [2.75, 3.05) is 0 Å². The van der Waals surface area contributed by atoms with Gasteiger partial charge in [-0.15, -0.1) is 0 Å². The van der Waals surface area contributed by atoms with E-state index in [2.05, 4.69) is 0 Å². The Morgan fingerprint density at radius 1 is 0.577 bits per heavy atom. The first-order valence-electron chi connectivity index (χ1n) is 7.92. The van der Waals surface area contributed by atoms with Crippen LogP contribution in [0, 0.1) is 0 Å². The molecule has 0 spiro atoms. The molecular weight excluding hydrogens is 367 g/mol. The highest BCUT2D eigenvalue weighted by atomic mass is 35.5. The molecule has 0 aliphatic heterocycles. The molecule has 0 aliphatic rings. The third-order valence-electron chi connectivity index (χ3n) is 3.98. The maximum absolute atomic E-state index is 11.0. The highest BCUT2D eigenvalue weighted by Crippen LogP contribution is 2.19. The number of carbonyl (C=O) groups is 2. The summed E-state index contributed by atoms with van der Waals surface area (Å²) in [5, 5.41) is 3.28. The van der Waals surface area contributed by atoms with E-state index < -0.39 is 10.5 Å². The first-order valence-corrected chi connectivity index (χ1v) is 8.68. The molecule has 4 rings (SSSR count). The molecule has 26 heavy (non-hydrogen) atoms. The molecule has 0 amide bonds. The molecule has 0 bridgehead atoms. The molecule has 0 unspecified atom stereocenters. The number of rotatable bonds is 2. The first-order chi connectivity index (χ1) is 12.6. The number of fused-ring (bicyclic) bond motifs is 2. The minimum absolute atomic E-state index is 0.406. The predicted octanol–water partition coefficient (Wildman–Crippen LogP) is 6.44. The Hall–Kier alpha value is -2.68. The molecule has 0 heterocycles. The summed E-state index contributed by atoms with van der Waals surface area (Å²) in [7, 11) is 0. The van der Waals surface area contributed by atoms with Crippen molar-refractivity contribution in [1.82, 2.24) is 0 Å². The molecule has 0 fully saturated rings. The van der Waals surface area contributed by atoms with Gasteiger partial charge in [-0.25, -0.2) is 0 Å². The van der Waals surface area contributed by atoms with Crippen molar-refractivity contribution in [3.63, 3.8) is 0 Å². The molecule has 0 radical (unpaired) electrons. The van der Waals surface area contributed by atoms with Crippen LogP contribution in [0.15, 0.2) is 84.9 Å². The fourth-order valence-electron chi connectivity index (χ4n) is 2.71. The van der Waals surface area contributed by atoms with Gasteiger partial charge in [0.2, 0.25) is 0 Å². The van der Waals surface area contributed by atoms with Crippen molar-refractivity contribution in [2.24, 2.45) is 0 Å². The predicted molar refractivity (Wildman–Crippen MR) is 108 cm³/mol. The Labute approximate surface area is 161 Å². The fourth-order valence-corrected chi connectivity index (χ4v) is 2.99. The Bertz CT molecular complexity index is 1090. The average molecular weight is 381 g/mol. The van der Waals surface area contributed by atoms with E-state index in [4.69, 9.17) is 23.2 Å². The lowest BCUT2D eigenvalue weighted by molar-refractivity contribution is 0.107. The first kappa shape index (κ1) is 18.1. The summed E-state index contributed by atoms with van der Waals surface area (Å²) in [5.74, 6) is 0. The van der Waals surface area contributed by atoms with Gasteiger partial charge in [0.25, 0.3) is 10.5 Å². The van der Waals surface area contributed by atoms with Crippen molar-refractivity contribution in [2.45, 2.75) is 0 Å². The summed E-state index contributed by atoms with van der Waals surface area (Å²) in [6.07, 6.45) is 0. The zero-order valence-electron chi connectivity index (χ0n) is 13.7. The quantitative estimate of drug-likeness (QED) is 0.375. The van der Waals surface area contributed by atoms with Gasteiger partial charge >= 0.3 is 0 Å². The molecule has 0 saturated heterocycles. The zero-order chi connectivity index (χ0) is 18.5. The smallest absolute Gasteiger partial charge is 0.253 e. The van der Waals surface area contributed by atoms with Crippen molar-refractivity contribution in [1.29, 1.82) is 0 Å². The molecule has 2 nitrogen and oxygen atoms in total. The van der Waals surface area contributed by atoms with Gasteiger partial charge in [-0.3, -0.25) is 9.59 Å². The molecule has 0 saturated carbocycles. The van der Waals surface area contributed by atoms with E-state index >= 15 is 0 Å². The Morgan fingerprint density at radius 3 is 1.88 bits per heavy atom. The van der Waals surface area contributed by atoms with E-state index in [1.807, 2.05) is 66.7 Å². The van der Waals surface area contributed by atoms with Gasteiger partial charge in [-0.1, -0.05) is 66.7 Å². The van der Waals surface area contributed by atoms with Crippen LogP contribution in [-0.4, -0.2) is 10.5 Å². The second kappa shape index (κ2) is 8.13. The average Bonchev–Trinajstić information content (AvgIpc) is 2.67. The van der Waals surface area contributed by atoms with Crippen LogP contribution in [-0.2, 0) is 0 Å². The van der Waals surface area contributed by atoms with Crippen LogP contribution in [0.1, 0.15) is 20.7 Å². The van der Waals surface area contributed by atoms with Gasteiger partial charge < -0.3 is 0 Å². The number of benzene rings is 4. The van der Waals surface area contributed by atoms with E-state index in [9.17, 15) is 9.59 Å². The van der Waals surface area contributed by atoms with Crippen molar-refractivity contribution in [3.8, 4) is 0 Å². The Balaban J connectivity index is 0.000000151. The Kier molecular flexibility index (Phi) is 5.67. The third-order valence-corrected chi connectivity index (χ3v) is 4.40. The van der Waals surface area contributed by atoms with Crippen LogP contribution in [0.2, 0.25) is 0 Å². The molecule has 0 aliphatic carbocycles. The van der Waals surface area contributed by atoms with Gasteiger partial charge in [0.15, 0.2) is 0 Å². The van der Waals surface area contributed by atoms with Gasteiger partial charge in [0, 0.05) is 11.1 Å². The molecule has 0 atom stereocenters. The summed E-state index contributed by atoms with van der Waals surface area (Å²) in [6, 6.07) is 26.5. The molecule has 4 aromatic rings. The summed E-state index contributed by atoms with van der Waals surface area (Å²) in [5.41, 5.74) is 1.11. The number of carbonyl (C=O) groups excluding carboxylic acids is 2. The van der Waals surface area contributed by atoms with Crippen molar-refractivity contribution in [3.05, 3.63) is 96.1 Å². The summed E-state index contributed by atoms with van der Waals surface area (Å²) in [6.45, 7) is 0. The van der Waals surface area contributed by atoms with E-state index in [1.165, 1.54) is 0 Å². The van der Waals surface area contributed by atoms with Crippen LogP contribution < -0.4 is 0 Å². The summed E-state index contributed by atoms with van der Waals surface area (Å²) < 4.78 is 0. The SMILES string of the molecule is O=C(Cl)c1ccc2ccccc2c1.O=C(Cl)c1cccc2ccccc12. The van der Waals surface area contributed by atoms with Gasteiger partial charge in [-0.05, 0) is 62.9 Å². The van der Waals surface area contributed by atoms with Gasteiger partial charge in [-0.2, -0.15) is 0 Å². The van der Waals surface area contributed by atoms with Crippen LogP contribution in [0.3, 0.4) is 0 Å². The lowest BCUT2D eigenvalue weighted by Crippen LogP contribution is -1.89. The maximum Gasteiger partial charge on any atom is 0.253 e. The highest BCUT2D eigenvalue weighted by molar-refractivity contribution is 6.68. The van der Waals surface area contributed by atoms with Crippen LogP contribution >= 0.6 is 23.2 Å². The van der Waals surface area contributed by atoms with Crippen molar-refractivity contribution < 1.29 is 9.59 Å². The lowest BCUT2D eigenvalue weighted by atomic mass is 10.1. The summed E-state index contributed by atoms with van der Waals surface area (Å²) >= 11 is 10.8. The minimum Gasteiger partial charge on any atom is -0.276 e. The standard InChI is InChI=1S/2C11H7ClO/c12-11(13)10-7-3-5-8-4-1-2-6-9(8)10;12-11(13)10-6-5-8-3-1-2-4-9(8)7-10/h2*1-7H. The van der Waals surface area contributed by atoms with Gasteiger partial charge in [0.1, 0.15) is 0 Å². The molecule has 4 aromatic carbocycles. The van der Waals surface area contributed by atoms with E-state index in [-0.39, 0.29) is 0 Å². The summed E-state index contributed by atoms with van der Waals surface area (Å²) in [4.78, 5) is 21.9. The number of hydrogen-bond acceptors (Lipinski definition) is 2. The zero-order valence-corrected chi connectivity index (χ0v) is 15.2. The van der Waals surface area contributed by atoms with E-state index in [0.29, 0.717) is 11.1 Å². The van der Waals surface area contributed by atoms with E-state index in [0.717, 1.165) is 21.5 Å². The monoisotopic (exact) mass is 380 g/mol. The maximum atomic E-state index is 11.0. The van der Waals surface area contributed by atoms with Crippen molar-refractivity contribution >= 4 is 55.2 Å². The molecule has 128 valence electrons. The van der Waals surface area contributed by atoms with Crippen LogP contribution in [0.4, 0.5) is 0 Å². The molecule has 4 heteroatoms. The van der Waals surface area contributed by atoms with Crippen LogP contribution in [0.25, 0.3) is 21.5 Å². The topological polar surface area (TPSA) is 34.1 Å². The third kappa shape index (κ3) is 4.10. The highest BCUT2D eigenvalue weighted by Gasteiger charge is 2.05. The lowest BCUT2D eigenvalue weighted by Gasteiger charge is -2.00. The minimum atomic E-state index is -0.411. The second-order valence-corrected chi connectivity index (χ2v) is 6.32. The molecule has 0 N–H and O–H groups in total. The second-order valence-electron chi connectivity index (χ2n) is 5.64. The number of halogens is 2. The van der Waals surface area contributed by atoms with Crippen LogP contribution in [0.5, 0.6) is 0 Å². The van der Waals surface area contributed by atoms with E-state index in [1.54, 1.807) is 18.2 Å². The molecular formula is C22H14Cl2O2. The van der Waals surface area contributed by atoms with Gasteiger partial charge in [0.05, 0.1) is 0 Å². The molecule has 0 aromatic heterocycles. The number of hydrogen-bond donors (Lipinski definition) is 0. The normalized spacial score (nSPS) is 10.2. The fraction of sp³-hybridized carbons (Fsp3) is 0. The Morgan fingerprint density at radius 2 is 1.19 bits per heavy atom.